The Morgan fingerprint density at radius 1 is 1.12 bits per heavy atom. The molecule has 0 unspecified atom stereocenters. The topological polar surface area (TPSA) is 69.7 Å². The highest BCUT2D eigenvalue weighted by Crippen LogP contribution is 2.18. The Labute approximate surface area is 152 Å². The van der Waals surface area contributed by atoms with Gasteiger partial charge < -0.3 is 10.2 Å². The maximum absolute atomic E-state index is 12.7. The van der Waals surface area contributed by atoms with Gasteiger partial charge in [0.05, 0.1) is 4.90 Å². The summed E-state index contributed by atoms with van der Waals surface area (Å²) in [6.45, 7) is 3.80. The van der Waals surface area contributed by atoms with Gasteiger partial charge in [-0.05, 0) is 41.4 Å². The van der Waals surface area contributed by atoms with Gasteiger partial charge in [-0.3, -0.25) is 0 Å². The Morgan fingerprint density at radius 2 is 1.80 bits per heavy atom. The smallest absolute Gasteiger partial charge is 0.317 e. The van der Waals surface area contributed by atoms with Crippen LogP contribution in [0.25, 0.3) is 0 Å². The predicted molar refractivity (Wildman–Crippen MR) is 98.1 cm³/mol. The second-order valence-electron chi connectivity index (χ2n) is 5.99. The van der Waals surface area contributed by atoms with Gasteiger partial charge in [0.2, 0.25) is 10.0 Å². The fourth-order valence-electron chi connectivity index (χ4n) is 2.67. The van der Waals surface area contributed by atoms with Gasteiger partial charge in [0.25, 0.3) is 0 Å². The average molecular weight is 380 g/mol. The van der Waals surface area contributed by atoms with Crippen LogP contribution >= 0.6 is 11.3 Å². The number of rotatable bonds is 4. The third-order valence-corrected chi connectivity index (χ3v) is 6.85. The zero-order valence-electron chi connectivity index (χ0n) is 14.0. The van der Waals surface area contributed by atoms with Gasteiger partial charge in [-0.15, -0.1) is 0 Å². The highest BCUT2D eigenvalue weighted by atomic mass is 32.2. The molecule has 2 aromatic rings. The molecule has 2 amide bonds. The lowest BCUT2D eigenvalue weighted by molar-refractivity contribution is 0.172. The Balaban J connectivity index is 1.55. The molecule has 1 aliphatic rings. The fourth-order valence-corrected chi connectivity index (χ4v) is 4.76. The summed E-state index contributed by atoms with van der Waals surface area (Å²) in [7, 11) is -3.50. The molecule has 0 radical (unpaired) electrons. The second-order valence-corrected chi connectivity index (χ2v) is 8.71. The molecule has 1 aromatic heterocycles. The molecule has 1 aromatic carbocycles. The quantitative estimate of drug-likeness (QED) is 0.886. The fraction of sp³-hybridized carbons (Fsp3) is 0.353. The van der Waals surface area contributed by atoms with Gasteiger partial charge in [-0.2, -0.15) is 15.6 Å². The van der Waals surface area contributed by atoms with Gasteiger partial charge >= 0.3 is 6.03 Å². The molecule has 25 heavy (non-hydrogen) atoms. The summed E-state index contributed by atoms with van der Waals surface area (Å²) in [5.74, 6) is 0. The third kappa shape index (κ3) is 4.20. The number of hydrogen-bond acceptors (Lipinski definition) is 4. The van der Waals surface area contributed by atoms with E-state index in [1.807, 2.05) is 23.8 Å². The Kier molecular flexibility index (Phi) is 5.41. The first-order chi connectivity index (χ1) is 12.0. The van der Waals surface area contributed by atoms with E-state index in [2.05, 4.69) is 5.32 Å². The molecule has 0 spiro atoms. The van der Waals surface area contributed by atoms with Crippen LogP contribution in [-0.4, -0.2) is 49.8 Å². The number of urea groups is 1. The van der Waals surface area contributed by atoms with Crippen LogP contribution in [0.15, 0.2) is 46.0 Å². The van der Waals surface area contributed by atoms with Crippen LogP contribution in [-0.2, 0) is 16.6 Å². The molecule has 1 fully saturated rings. The molecule has 6 nitrogen and oxygen atoms in total. The summed E-state index contributed by atoms with van der Waals surface area (Å²) in [6.07, 6.45) is 0. The summed E-state index contributed by atoms with van der Waals surface area (Å²) in [5.41, 5.74) is 2.09. The monoisotopic (exact) mass is 379 g/mol. The van der Waals surface area contributed by atoms with Crippen molar-refractivity contribution in [3.05, 3.63) is 52.2 Å². The molecule has 0 atom stereocenters. The standard InChI is InChI=1S/C17H21N3O3S2/c1-14-2-4-16(5-3-14)25(22,23)20-9-7-19(8-10-20)17(21)18-12-15-6-11-24-13-15/h2-6,11,13H,7-10,12H2,1H3,(H,18,21). The maximum Gasteiger partial charge on any atom is 0.317 e. The van der Waals surface area contributed by atoms with Crippen molar-refractivity contribution in [1.29, 1.82) is 0 Å². The van der Waals surface area contributed by atoms with Crippen LogP contribution in [0.2, 0.25) is 0 Å². The first kappa shape index (κ1) is 17.9. The van der Waals surface area contributed by atoms with Crippen molar-refractivity contribution >= 4 is 27.4 Å². The van der Waals surface area contributed by atoms with Gasteiger partial charge in [-0.25, -0.2) is 13.2 Å². The number of nitrogens with one attached hydrogen (secondary N) is 1. The van der Waals surface area contributed by atoms with E-state index in [1.54, 1.807) is 40.5 Å². The van der Waals surface area contributed by atoms with Crippen molar-refractivity contribution in [3.8, 4) is 0 Å². The van der Waals surface area contributed by atoms with Gasteiger partial charge in [-0.1, -0.05) is 17.7 Å². The molecule has 1 N–H and O–H groups in total. The van der Waals surface area contributed by atoms with Crippen molar-refractivity contribution in [3.63, 3.8) is 0 Å². The van der Waals surface area contributed by atoms with Gasteiger partial charge in [0, 0.05) is 32.7 Å². The van der Waals surface area contributed by atoms with E-state index in [0.717, 1.165) is 11.1 Å². The van der Waals surface area contributed by atoms with Crippen molar-refractivity contribution in [2.24, 2.45) is 0 Å². The molecule has 3 rings (SSSR count). The number of thiophene rings is 1. The van der Waals surface area contributed by atoms with E-state index in [9.17, 15) is 13.2 Å². The number of carbonyl (C=O) groups excluding carboxylic acids is 1. The van der Waals surface area contributed by atoms with Crippen LogP contribution in [0.1, 0.15) is 11.1 Å². The largest absolute Gasteiger partial charge is 0.334 e. The number of hydrogen-bond donors (Lipinski definition) is 1. The lowest BCUT2D eigenvalue weighted by atomic mass is 10.2. The first-order valence-electron chi connectivity index (χ1n) is 8.07. The minimum absolute atomic E-state index is 0.154. The Bertz CT molecular complexity index is 809. The van der Waals surface area contributed by atoms with Gasteiger partial charge in [0.1, 0.15) is 0 Å². The van der Waals surface area contributed by atoms with Crippen LogP contribution in [0.3, 0.4) is 0 Å². The van der Waals surface area contributed by atoms with E-state index < -0.39 is 10.0 Å². The van der Waals surface area contributed by atoms with Crippen LogP contribution < -0.4 is 5.32 Å². The minimum Gasteiger partial charge on any atom is -0.334 e. The molecule has 2 heterocycles. The van der Waals surface area contributed by atoms with Crippen LogP contribution in [0, 0.1) is 6.92 Å². The van der Waals surface area contributed by atoms with E-state index >= 15 is 0 Å². The molecule has 8 heteroatoms. The van der Waals surface area contributed by atoms with E-state index in [0.29, 0.717) is 37.6 Å². The van der Waals surface area contributed by atoms with Crippen molar-refractivity contribution in [2.75, 3.05) is 26.2 Å². The number of sulfonamides is 1. The zero-order chi connectivity index (χ0) is 17.9. The van der Waals surface area contributed by atoms with Crippen molar-refractivity contribution in [2.45, 2.75) is 18.4 Å². The normalized spacial score (nSPS) is 16.0. The van der Waals surface area contributed by atoms with E-state index in [4.69, 9.17) is 0 Å². The van der Waals surface area contributed by atoms with E-state index in [1.165, 1.54) is 4.31 Å². The highest BCUT2D eigenvalue weighted by molar-refractivity contribution is 7.89. The highest BCUT2D eigenvalue weighted by Gasteiger charge is 2.29. The number of carbonyl (C=O) groups is 1. The molecule has 1 aliphatic heterocycles. The van der Waals surface area contributed by atoms with Crippen molar-refractivity contribution in [1.82, 2.24) is 14.5 Å². The minimum atomic E-state index is -3.50. The van der Waals surface area contributed by atoms with Crippen LogP contribution in [0.4, 0.5) is 4.79 Å². The lowest BCUT2D eigenvalue weighted by Gasteiger charge is -2.34. The number of benzene rings is 1. The summed E-state index contributed by atoms with van der Waals surface area (Å²) in [4.78, 5) is 14.2. The number of piperazine rings is 1. The number of aryl methyl sites for hydroxylation is 1. The zero-order valence-corrected chi connectivity index (χ0v) is 15.6. The SMILES string of the molecule is Cc1ccc(S(=O)(=O)N2CCN(C(=O)NCc3ccsc3)CC2)cc1. The second kappa shape index (κ2) is 7.55. The molecule has 0 saturated carbocycles. The predicted octanol–water partition coefficient (Wildman–Crippen LogP) is 2.27. The summed E-state index contributed by atoms with van der Waals surface area (Å²) in [5, 5.41) is 6.83. The van der Waals surface area contributed by atoms with Gasteiger partial charge in [0.15, 0.2) is 0 Å². The van der Waals surface area contributed by atoms with Crippen LogP contribution in [0.5, 0.6) is 0 Å². The van der Waals surface area contributed by atoms with Crippen molar-refractivity contribution < 1.29 is 13.2 Å². The number of amides is 2. The Morgan fingerprint density at radius 3 is 2.40 bits per heavy atom. The molecular formula is C17H21N3O3S2. The summed E-state index contributed by atoms with van der Waals surface area (Å²) >= 11 is 1.59. The molecular weight excluding hydrogens is 358 g/mol. The first-order valence-corrected chi connectivity index (χ1v) is 10.5. The van der Waals surface area contributed by atoms with E-state index in [-0.39, 0.29) is 6.03 Å². The Hall–Kier alpha value is -1.90. The summed E-state index contributed by atoms with van der Waals surface area (Å²) in [6, 6.07) is 8.66. The molecule has 0 aliphatic carbocycles. The molecule has 0 bridgehead atoms. The molecule has 134 valence electrons. The maximum atomic E-state index is 12.7. The lowest BCUT2D eigenvalue weighted by Crippen LogP contribution is -2.52. The third-order valence-electron chi connectivity index (χ3n) is 4.21. The molecule has 1 saturated heterocycles. The average Bonchev–Trinajstić information content (AvgIpc) is 3.14. The number of nitrogens with zero attached hydrogens (tertiary/aromatic N) is 2. The summed E-state index contributed by atoms with van der Waals surface area (Å²) < 4.78 is 26.8.